The van der Waals surface area contributed by atoms with E-state index in [9.17, 15) is 19.4 Å². The third-order valence-electron chi connectivity index (χ3n) is 6.67. The Morgan fingerprint density at radius 1 is 1.05 bits per heavy atom. The van der Waals surface area contributed by atoms with Crippen molar-refractivity contribution in [2.24, 2.45) is 0 Å². The molecule has 0 radical (unpaired) electrons. The van der Waals surface area contributed by atoms with E-state index in [1.807, 2.05) is 24.3 Å². The molecule has 1 aromatic heterocycles. The molecular weight excluding hydrogens is 471 g/mol. The number of nitrogens with zero attached hydrogens (tertiary/aromatic N) is 1. The highest BCUT2D eigenvalue weighted by Crippen LogP contribution is 2.45. The summed E-state index contributed by atoms with van der Waals surface area (Å²) >= 11 is 0. The van der Waals surface area contributed by atoms with Crippen LogP contribution in [-0.4, -0.2) is 51.6 Å². The van der Waals surface area contributed by atoms with E-state index in [-0.39, 0.29) is 12.2 Å². The number of carboxylic acids is 1. The number of fused-ring (bicyclic) bond motifs is 1. The number of aliphatic carboxylic acids is 1. The van der Waals surface area contributed by atoms with Gasteiger partial charge in [0, 0.05) is 28.9 Å². The monoisotopic (exact) mass is 506 g/mol. The molecule has 0 bridgehead atoms. The van der Waals surface area contributed by atoms with Crippen molar-refractivity contribution in [1.29, 1.82) is 0 Å². The number of carboxylic acid groups (broad SMARTS) is 1. The number of aliphatic hydroxyl groups is 2. The molecule has 1 aliphatic heterocycles. The number of nitrogens with one attached hydrogen (secondary N) is 1. The molecule has 5 rings (SSSR count). The standard InChI is InChI=1S/C25H24FNO4.C5H11N/c26-17-9-7-15(8-10-17)24-20-3-1-2-4-22(20)27-25(16-5-6-16)21(24)12-11-18(28)13-19(29)14-23(30)31;1-2-4-6-5-3-1/h1-4,7-12,16,18-19,28-29H,5-6,13-14H2,(H,30,31);6H,1-5H2/b12-11+;/t18-,19-;/m1./s1. The van der Waals surface area contributed by atoms with Crippen molar-refractivity contribution < 1.29 is 24.5 Å². The number of hydrogen-bond donors (Lipinski definition) is 4. The average Bonchev–Trinajstić information content (AvgIpc) is 3.74. The molecule has 0 amide bonds. The number of rotatable bonds is 8. The van der Waals surface area contributed by atoms with Crippen molar-refractivity contribution in [3.8, 4) is 11.1 Å². The third kappa shape index (κ3) is 7.68. The van der Waals surface area contributed by atoms with Crippen LogP contribution in [-0.2, 0) is 4.79 Å². The van der Waals surface area contributed by atoms with Crippen LogP contribution in [0.25, 0.3) is 28.1 Å². The molecule has 3 aromatic rings. The van der Waals surface area contributed by atoms with Crippen LogP contribution in [0.5, 0.6) is 0 Å². The first kappa shape index (κ1) is 26.9. The Labute approximate surface area is 216 Å². The molecule has 7 heteroatoms. The zero-order valence-corrected chi connectivity index (χ0v) is 20.9. The van der Waals surface area contributed by atoms with Crippen LogP contribution in [0.4, 0.5) is 4.39 Å². The number of aromatic nitrogens is 1. The topological polar surface area (TPSA) is 103 Å². The second kappa shape index (κ2) is 12.9. The molecule has 1 saturated heterocycles. The molecule has 2 aliphatic rings. The number of carbonyl (C=O) groups is 1. The lowest BCUT2D eigenvalue weighted by Gasteiger charge is -2.16. The highest BCUT2D eigenvalue weighted by Gasteiger charge is 2.29. The van der Waals surface area contributed by atoms with Crippen LogP contribution in [0.15, 0.2) is 54.6 Å². The predicted octanol–water partition coefficient (Wildman–Crippen LogP) is 5.28. The summed E-state index contributed by atoms with van der Waals surface area (Å²) in [5, 5.41) is 33.2. The zero-order chi connectivity index (χ0) is 26.2. The number of benzene rings is 2. The lowest BCUT2D eigenvalue weighted by molar-refractivity contribution is -0.139. The van der Waals surface area contributed by atoms with Gasteiger partial charge in [-0.05, 0) is 62.5 Å². The van der Waals surface area contributed by atoms with Crippen LogP contribution >= 0.6 is 0 Å². The maximum absolute atomic E-state index is 13.6. The first-order chi connectivity index (χ1) is 17.9. The minimum atomic E-state index is -1.13. The van der Waals surface area contributed by atoms with Crippen molar-refractivity contribution in [3.63, 3.8) is 0 Å². The quantitative estimate of drug-likeness (QED) is 0.332. The zero-order valence-electron chi connectivity index (χ0n) is 20.9. The van der Waals surface area contributed by atoms with Gasteiger partial charge in [-0.2, -0.15) is 0 Å². The third-order valence-corrected chi connectivity index (χ3v) is 6.67. The normalized spacial score (nSPS) is 17.3. The Balaban J connectivity index is 0.000000469. The Kier molecular flexibility index (Phi) is 9.39. The van der Waals surface area contributed by atoms with E-state index in [1.165, 1.54) is 44.5 Å². The van der Waals surface area contributed by atoms with Crippen molar-refractivity contribution >= 4 is 22.9 Å². The molecular formula is C30H35FN2O4. The van der Waals surface area contributed by atoms with E-state index in [4.69, 9.17) is 10.1 Å². The lowest BCUT2D eigenvalue weighted by Crippen LogP contribution is -2.21. The minimum Gasteiger partial charge on any atom is -0.481 e. The summed E-state index contributed by atoms with van der Waals surface area (Å²) in [5.74, 6) is -1.10. The number of para-hydroxylation sites is 1. The molecule has 1 aliphatic carbocycles. The molecule has 2 heterocycles. The molecule has 1 saturated carbocycles. The lowest BCUT2D eigenvalue weighted by atomic mass is 9.92. The Morgan fingerprint density at radius 2 is 1.76 bits per heavy atom. The largest absolute Gasteiger partial charge is 0.481 e. The fourth-order valence-corrected chi connectivity index (χ4v) is 4.66. The van der Waals surface area contributed by atoms with Crippen LogP contribution < -0.4 is 5.32 Å². The van der Waals surface area contributed by atoms with Gasteiger partial charge in [-0.1, -0.05) is 48.9 Å². The van der Waals surface area contributed by atoms with Crippen LogP contribution in [0.1, 0.15) is 62.1 Å². The Bertz CT molecular complexity index is 1210. The molecule has 4 N–H and O–H groups in total. The molecule has 37 heavy (non-hydrogen) atoms. The summed E-state index contributed by atoms with van der Waals surface area (Å²) in [5.41, 5.74) is 4.43. The summed E-state index contributed by atoms with van der Waals surface area (Å²) < 4.78 is 13.6. The number of hydrogen-bond acceptors (Lipinski definition) is 5. The van der Waals surface area contributed by atoms with Crippen LogP contribution in [0, 0.1) is 5.82 Å². The van der Waals surface area contributed by atoms with Crippen molar-refractivity contribution in [3.05, 3.63) is 71.7 Å². The van der Waals surface area contributed by atoms with Crippen molar-refractivity contribution in [1.82, 2.24) is 10.3 Å². The van der Waals surface area contributed by atoms with E-state index in [0.717, 1.165) is 46.1 Å². The Morgan fingerprint density at radius 3 is 2.35 bits per heavy atom. The first-order valence-electron chi connectivity index (χ1n) is 13.1. The van der Waals surface area contributed by atoms with Gasteiger partial charge in [-0.3, -0.25) is 9.78 Å². The van der Waals surface area contributed by atoms with Gasteiger partial charge in [0.25, 0.3) is 0 Å². The number of pyridine rings is 1. The van der Waals surface area contributed by atoms with E-state index in [1.54, 1.807) is 24.3 Å². The van der Waals surface area contributed by atoms with Gasteiger partial charge in [0.15, 0.2) is 0 Å². The molecule has 196 valence electrons. The molecule has 0 unspecified atom stereocenters. The number of piperidine rings is 1. The predicted molar refractivity (Wildman–Crippen MR) is 144 cm³/mol. The van der Waals surface area contributed by atoms with E-state index >= 15 is 0 Å². The van der Waals surface area contributed by atoms with Gasteiger partial charge >= 0.3 is 5.97 Å². The fraction of sp³-hybridized carbons (Fsp3) is 0.400. The molecule has 2 atom stereocenters. The summed E-state index contributed by atoms with van der Waals surface area (Å²) in [7, 11) is 0. The second-order valence-corrected chi connectivity index (χ2v) is 9.81. The summed E-state index contributed by atoms with van der Waals surface area (Å²) in [6.45, 7) is 2.50. The van der Waals surface area contributed by atoms with Crippen molar-refractivity contribution in [2.45, 2.75) is 63.1 Å². The van der Waals surface area contributed by atoms with Crippen LogP contribution in [0.2, 0.25) is 0 Å². The van der Waals surface area contributed by atoms with Gasteiger partial charge in [-0.25, -0.2) is 4.39 Å². The minimum absolute atomic E-state index is 0.0749. The average molecular weight is 507 g/mol. The summed E-state index contributed by atoms with van der Waals surface area (Å²) in [6, 6.07) is 14.1. The first-order valence-corrected chi connectivity index (χ1v) is 13.1. The molecule has 0 spiro atoms. The number of halogens is 1. The smallest absolute Gasteiger partial charge is 0.305 e. The maximum atomic E-state index is 13.6. The highest BCUT2D eigenvalue weighted by atomic mass is 19.1. The Hall–Kier alpha value is -3.13. The second-order valence-electron chi connectivity index (χ2n) is 9.81. The van der Waals surface area contributed by atoms with E-state index < -0.39 is 24.6 Å². The SMILES string of the molecule is C1CCNCC1.O=C(O)C[C@H](O)C[C@H](O)/C=C/c1c(C2CC2)nc2ccccc2c1-c1ccc(F)cc1. The highest BCUT2D eigenvalue weighted by molar-refractivity contribution is 5.99. The molecule has 2 fully saturated rings. The van der Waals surface area contributed by atoms with Gasteiger partial charge in [0.05, 0.1) is 29.8 Å². The molecule has 2 aromatic carbocycles. The van der Waals surface area contributed by atoms with Gasteiger partial charge in [-0.15, -0.1) is 0 Å². The van der Waals surface area contributed by atoms with Crippen molar-refractivity contribution in [2.75, 3.05) is 13.1 Å². The fourth-order valence-electron chi connectivity index (χ4n) is 4.66. The van der Waals surface area contributed by atoms with E-state index in [0.29, 0.717) is 5.92 Å². The van der Waals surface area contributed by atoms with Crippen LogP contribution in [0.3, 0.4) is 0 Å². The van der Waals surface area contributed by atoms with Gasteiger partial charge in [0.2, 0.25) is 0 Å². The molecule has 6 nitrogen and oxygen atoms in total. The van der Waals surface area contributed by atoms with Gasteiger partial charge in [0.1, 0.15) is 5.82 Å². The summed E-state index contributed by atoms with van der Waals surface area (Å²) in [6.07, 6.45) is 7.02. The number of aliphatic hydroxyl groups excluding tert-OH is 2. The van der Waals surface area contributed by atoms with E-state index in [2.05, 4.69) is 5.32 Å². The summed E-state index contributed by atoms with van der Waals surface area (Å²) in [4.78, 5) is 15.6. The van der Waals surface area contributed by atoms with Gasteiger partial charge < -0.3 is 20.6 Å². The maximum Gasteiger partial charge on any atom is 0.305 e.